The van der Waals surface area contributed by atoms with E-state index in [0.29, 0.717) is 6.04 Å². The van der Waals surface area contributed by atoms with Gasteiger partial charge in [-0.3, -0.25) is 0 Å². The summed E-state index contributed by atoms with van der Waals surface area (Å²) in [5, 5.41) is 3.55. The minimum Gasteiger partial charge on any atom is -0.398 e. The monoisotopic (exact) mass is 426 g/mol. The van der Waals surface area contributed by atoms with Crippen LogP contribution < -0.4 is 11.1 Å². The minimum atomic E-state index is 0. The van der Waals surface area contributed by atoms with Crippen molar-refractivity contribution >= 4 is 62.6 Å². The number of anilines is 1. The van der Waals surface area contributed by atoms with Gasteiger partial charge in [-0.05, 0) is 57.8 Å². The molecule has 0 aliphatic heterocycles. The lowest BCUT2D eigenvalue weighted by Gasteiger charge is -2.22. The normalized spacial score (nSPS) is 18.7. The molecule has 0 fully saturated rings. The zero-order valence-corrected chi connectivity index (χ0v) is 15.2. The molecular formula is C13H17Br2ClN2S. The third-order valence-electron chi connectivity index (χ3n) is 3.15. The van der Waals surface area contributed by atoms with Crippen LogP contribution in [0.1, 0.15) is 24.8 Å². The lowest BCUT2D eigenvalue weighted by molar-refractivity contribution is 0.473. The Morgan fingerprint density at radius 3 is 2.74 bits per heavy atom. The number of nitrogens with two attached hydrogens (primary N) is 1. The van der Waals surface area contributed by atoms with Gasteiger partial charge in [-0.15, -0.1) is 25.0 Å². The number of nitrogen functional groups attached to an aromatic ring is 1. The van der Waals surface area contributed by atoms with Crippen molar-refractivity contribution < 1.29 is 0 Å². The first kappa shape index (κ1) is 17.4. The molecule has 2 rings (SSSR count). The van der Waals surface area contributed by atoms with Crippen molar-refractivity contribution in [3.8, 4) is 0 Å². The first-order valence-corrected chi connectivity index (χ1v) is 7.94. The number of hydrogen-bond acceptors (Lipinski definition) is 3. The molecule has 2 nitrogen and oxygen atoms in total. The number of thiol groups is 1. The van der Waals surface area contributed by atoms with Gasteiger partial charge in [0.2, 0.25) is 0 Å². The van der Waals surface area contributed by atoms with Crippen LogP contribution in [0.2, 0.25) is 0 Å². The highest BCUT2D eigenvalue weighted by atomic mass is 79.9. The van der Waals surface area contributed by atoms with Crippen molar-refractivity contribution in [1.29, 1.82) is 0 Å². The van der Waals surface area contributed by atoms with Crippen LogP contribution in [0.25, 0.3) is 0 Å². The molecule has 1 aliphatic carbocycles. The Bertz CT molecular complexity index is 480. The smallest absolute Gasteiger partial charge is 0.0504 e. The van der Waals surface area contributed by atoms with E-state index in [4.69, 9.17) is 5.73 Å². The van der Waals surface area contributed by atoms with Gasteiger partial charge in [-0.2, -0.15) is 0 Å². The van der Waals surface area contributed by atoms with E-state index in [9.17, 15) is 0 Å². The summed E-state index contributed by atoms with van der Waals surface area (Å²) in [5.41, 5.74) is 7.99. The summed E-state index contributed by atoms with van der Waals surface area (Å²) in [6, 6.07) is 4.56. The molecule has 1 unspecified atom stereocenters. The van der Waals surface area contributed by atoms with E-state index >= 15 is 0 Å². The highest BCUT2D eigenvalue weighted by Gasteiger charge is 2.13. The Morgan fingerprint density at radius 1 is 1.37 bits per heavy atom. The van der Waals surface area contributed by atoms with Gasteiger partial charge in [0.15, 0.2) is 0 Å². The second-order valence-electron chi connectivity index (χ2n) is 4.51. The van der Waals surface area contributed by atoms with E-state index < -0.39 is 0 Å². The van der Waals surface area contributed by atoms with E-state index in [-0.39, 0.29) is 12.4 Å². The second-order valence-corrected chi connectivity index (χ2v) is 6.85. The summed E-state index contributed by atoms with van der Waals surface area (Å²) >= 11 is 11.3. The van der Waals surface area contributed by atoms with Crippen LogP contribution in [0.15, 0.2) is 32.1 Å². The quantitative estimate of drug-likeness (QED) is 0.483. The zero-order chi connectivity index (χ0) is 13.1. The second kappa shape index (κ2) is 7.93. The van der Waals surface area contributed by atoms with Crippen LogP contribution in [0, 0.1) is 0 Å². The highest BCUT2D eigenvalue weighted by Crippen LogP contribution is 2.28. The molecular weight excluding hydrogens is 411 g/mol. The lowest BCUT2D eigenvalue weighted by atomic mass is 10.0. The number of allylic oxidation sites excluding steroid dienone is 1. The number of hydrogen-bond donors (Lipinski definition) is 3. The van der Waals surface area contributed by atoms with Crippen molar-refractivity contribution in [2.75, 3.05) is 5.73 Å². The van der Waals surface area contributed by atoms with Crippen molar-refractivity contribution in [3.63, 3.8) is 0 Å². The van der Waals surface area contributed by atoms with Gasteiger partial charge in [0, 0.05) is 21.5 Å². The Hall–Kier alpha value is 0.320. The predicted molar refractivity (Wildman–Crippen MR) is 95.1 cm³/mol. The fourth-order valence-electron chi connectivity index (χ4n) is 2.04. The predicted octanol–water partition coefficient (Wildman–Crippen LogP) is 4.67. The molecule has 0 saturated heterocycles. The summed E-state index contributed by atoms with van der Waals surface area (Å²) in [6.07, 6.45) is 5.46. The van der Waals surface area contributed by atoms with E-state index in [1.165, 1.54) is 4.91 Å². The molecule has 0 aromatic heterocycles. The maximum Gasteiger partial charge on any atom is 0.0504 e. The van der Waals surface area contributed by atoms with Crippen LogP contribution in [0.4, 0.5) is 5.69 Å². The molecule has 106 valence electrons. The van der Waals surface area contributed by atoms with Crippen molar-refractivity contribution in [1.82, 2.24) is 5.32 Å². The molecule has 0 heterocycles. The molecule has 6 heteroatoms. The molecule has 0 amide bonds. The summed E-state index contributed by atoms with van der Waals surface area (Å²) in [4.78, 5) is 1.21. The van der Waals surface area contributed by atoms with Crippen molar-refractivity contribution in [2.45, 2.75) is 31.8 Å². The number of benzene rings is 1. The van der Waals surface area contributed by atoms with Crippen LogP contribution in [-0.2, 0) is 6.54 Å². The van der Waals surface area contributed by atoms with Crippen molar-refractivity contribution in [2.24, 2.45) is 0 Å². The molecule has 1 aromatic carbocycles. The molecule has 1 atom stereocenters. The van der Waals surface area contributed by atoms with Crippen molar-refractivity contribution in [3.05, 3.63) is 37.6 Å². The number of rotatable bonds is 3. The number of nitrogens with one attached hydrogen (secondary N) is 1. The van der Waals surface area contributed by atoms with Crippen LogP contribution in [0.5, 0.6) is 0 Å². The van der Waals surface area contributed by atoms with E-state index in [0.717, 1.165) is 46.0 Å². The fourth-order valence-corrected chi connectivity index (χ4v) is 3.59. The first-order valence-electron chi connectivity index (χ1n) is 5.91. The van der Waals surface area contributed by atoms with E-state index in [1.54, 1.807) is 0 Å². The topological polar surface area (TPSA) is 38.0 Å². The SMILES string of the molecule is Cl.Nc1c(Br)cc(Br)cc1CNC1CC=C(S)CC1. The zero-order valence-electron chi connectivity index (χ0n) is 10.3. The van der Waals surface area contributed by atoms with Gasteiger partial charge >= 0.3 is 0 Å². The largest absolute Gasteiger partial charge is 0.398 e. The van der Waals surface area contributed by atoms with Gasteiger partial charge in [0.25, 0.3) is 0 Å². The average Bonchev–Trinajstić information content (AvgIpc) is 2.34. The Labute approximate surface area is 142 Å². The third-order valence-corrected chi connectivity index (χ3v) is 4.67. The summed E-state index contributed by atoms with van der Waals surface area (Å²) in [7, 11) is 0. The fraction of sp³-hybridized carbons (Fsp3) is 0.385. The Balaban J connectivity index is 0.00000180. The molecule has 19 heavy (non-hydrogen) atoms. The maximum atomic E-state index is 6.06. The van der Waals surface area contributed by atoms with Gasteiger partial charge in [0.05, 0.1) is 5.69 Å². The van der Waals surface area contributed by atoms with Crippen LogP contribution >= 0.6 is 56.9 Å². The molecule has 3 N–H and O–H groups in total. The Morgan fingerprint density at radius 2 is 2.11 bits per heavy atom. The first-order chi connectivity index (χ1) is 8.56. The average molecular weight is 429 g/mol. The van der Waals surface area contributed by atoms with Gasteiger partial charge < -0.3 is 11.1 Å². The maximum absolute atomic E-state index is 6.06. The molecule has 0 radical (unpaired) electrons. The molecule has 1 aromatic rings. The van der Waals surface area contributed by atoms with Crippen LogP contribution in [-0.4, -0.2) is 6.04 Å². The molecule has 0 spiro atoms. The van der Waals surface area contributed by atoms with E-state index in [2.05, 4.69) is 61.9 Å². The van der Waals surface area contributed by atoms with E-state index in [1.807, 2.05) is 6.07 Å². The van der Waals surface area contributed by atoms with Gasteiger partial charge in [-0.1, -0.05) is 22.0 Å². The van der Waals surface area contributed by atoms with Gasteiger partial charge in [0.1, 0.15) is 0 Å². The Kier molecular flexibility index (Phi) is 7.25. The lowest BCUT2D eigenvalue weighted by Crippen LogP contribution is -2.29. The highest BCUT2D eigenvalue weighted by molar-refractivity contribution is 9.11. The summed E-state index contributed by atoms with van der Waals surface area (Å²) in [6.45, 7) is 0.796. The summed E-state index contributed by atoms with van der Waals surface area (Å²) in [5.74, 6) is 0. The number of halogens is 3. The molecule has 0 saturated carbocycles. The summed E-state index contributed by atoms with van der Waals surface area (Å²) < 4.78 is 1.98. The van der Waals surface area contributed by atoms with Gasteiger partial charge in [-0.25, -0.2) is 0 Å². The molecule has 1 aliphatic rings. The standard InChI is InChI=1S/C13H16Br2N2S.ClH/c14-9-5-8(13(16)12(15)6-9)7-17-10-1-3-11(18)4-2-10;/h3,5-6,10,17-18H,1-2,4,7,16H2;1H. The molecule has 0 bridgehead atoms. The third kappa shape index (κ3) is 4.97. The van der Waals surface area contributed by atoms with Crippen LogP contribution in [0.3, 0.4) is 0 Å². The minimum absolute atomic E-state index is 0.